The standard InChI is InChI=1S/C21H24O6/c1-11(2)5-15(22)13-8-17(25-4)19-18(9-13)27-20-14(10-26-21(19)24)6-12(3)7-16(20)23/h6-9,11,15,22-23H,5,10H2,1-4H3. The molecule has 1 unspecified atom stereocenters. The number of esters is 1. The second-order valence-corrected chi connectivity index (χ2v) is 7.19. The maximum Gasteiger partial charge on any atom is 0.346 e. The van der Waals surface area contributed by atoms with E-state index >= 15 is 0 Å². The molecule has 0 amide bonds. The molecule has 0 radical (unpaired) electrons. The number of benzene rings is 2. The van der Waals surface area contributed by atoms with Crippen molar-refractivity contribution in [2.75, 3.05) is 7.11 Å². The maximum absolute atomic E-state index is 12.6. The molecule has 6 heteroatoms. The van der Waals surface area contributed by atoms with Crippen LogP contribution in [0.25, 0.3) is 0 Å². The second-order valence-electron chi connectivity index (χ2n) is 7.19. The van der Waals surface area contributed by atoms with Crippen molar-refractivity contribution in [1.29, 1.82) is 0 Å². The summed E-state index contributed by atoms with van der Waals surface area (Å²) >= 11 is 0. The third kappa shape index (κ3) is 3.85. The van der Waals surface area contributed by atoms with E-state index in [1.54, 1.807) is 24.3 Å². The van der Waals surface area contributed by atoms with E-state index in [4.69, 9.17) is 14.2 Å². The van der Waals surface area contributed by atoms with E-state index < -0.39 is 12.1 Å². The summed E-state index contributed by atoms with van der Waals surface area (Å²) in [6.45, 7) is 5.83. The molecule has 0 bridgehead atoms. The number of carbonyl (C=O) groups is 1. The molecule has 1 aliphatic rings. The molecule has 1 atom stereocenters. The molecule has 27 heavy (non-hydrogen) atoms. The minimum absolute atomic E-state index is 0.0241. The number of phenols is 1. The fourth-order valence-electron chi connectivity index (χ4n) is 3.21. The Hall–Kier alpha value is -2.73. The molecule has 144 valence electrons. The Morgan fingerprint density at radius 2 is 1.96 bits per heavy atom. The first-order chi connectivity index (χ1) is 12.8. The molecule has 6 nitrogen and oxygen atoms in total. The lowest BCUT2D eigenvalue weighted by atomic mass is 9.97. The number of phenolic OH excluding ortho intramolecular Hbond substituents is 1. The summed E-state index contributed by atoms with van der Waals surface area (Å²) in [6, 6.07) is 6.59. The predicted octanol–water partition coefficient (Wildman–Crippen LogP) is 4.25. The molecule has 1 heterocycles. The summed E-state index contributed by atoms with van der Waals surface area (Å²) in [5, 5.41) is 20.8. The number of hydrogen-bond acceptors (Lipinski definition) is 6. The zero-order valence-electron chi connectivity index (χ0n) is 15.9. The zero-order chi connectivity index (χ0) is 19.7. The van der Waals surface area contributed by atoms with Gasteiger partial charge in [-0.05, 0) is 54.7 Å². The number of fused-ring (bicyclic) bond motifs is 2. The highest BCUT2D eigenvalue weighted by Gasteiger charge is 2.28. The molecular weight excluding hydrogens is 348 g/mol. The summed E-state index contributed by atoms with van der Waals surface area (Å²) in [6.07, 6.45) is -0.187. The van der Waals surface area contributed by atoms with Gasteiger partial charge in [-0.2, -0.15) is 0 Å². The van der Waals surface area contributed by atoms with Crippen LogP contribution in [-0.4, -0.2) is 23.3 Å². The van der Waals surface area contributed by atoms with Crippen LogP contribution >= 0.6 is 0 Å². The minimum atomic E-state index is -0.736. The Morgan fingerprint density at radius 3 is 2.63 bits per heavy atom. The van der Waals surface area contributed by atoms with Crippen molar-refractivity contribution in [1.82, 2.24) is 0 Å². The van der Waals surface area contributed by atoms with E-state index in [-0.39, 0.29) is 41.1 Å². The summed E-state index contributed by atoms with van der Waals surface area (Å²) in [7, 11) is 1.44. The van der Waals surface area contributed by atoms with Crippen LogP contribution in [0.15, 0.2) is 24.3 Å². The topological polar surface area (TPSA) is 85.2 Å². The van der Waals surface area contributed by atoms with Crippen molar-refractivity contribution in [3.8, 4) is 23.0 Å². The lowest BCUT2D eigenvalue weighted by molar-refractivity contribution is 0.0454. The van der Waals surface area contributed by atoms with E-state index in [2.05, 4.69) is 0 Å². The van der Waals surface area contributed by atoms with E-state index in [1.807, 2.05) is 20.8 Å². The highest BCUT2D eigenvalue weighted by molar-refractivity contribution is 5.96. The van der Waals surface area contributed by atoms with Crippen molar-refractivity contribution in [3.05, 3.63) is 46.5 Å². The van der Waals surface area contributed by atoms with Gasteiger partial charge >= 0.3 is 5.97 Å². The molecular formula is C21H24O6. The van der Waals surface area contributed by atoms with Crippen LogP contribution in [0, 0.1) is 12.8 Å². The first-order valence-corrected chi connectivity index (χ1v) is 8.87. The molecule has 0 aliphatic carbocycles. The van der Waals surface area contributed by atoms with Gasteiger partial charge in [0.05, 0.1) is 13.2 Å². The third-order valence-electron chi connectivity index (χ3n) is 4.45. The summed E-state index contributed by atoms with van der Waals surface area (Å²) in [5.41, 5.74) is 2.09. The van der Waals surface area contributed by atoms with Crippen molar-refractivity contribution in [2.45, 2.75) is 39.9 Å². The van der Waals surface area contributed by atoms with Crippen LogP contribution in [0.4, 0.5) is 0 Å². The first kappa shape index (κ1) is 19.0. The predicted molar refractivity (Wildman–Crippen MR) is 99.4 cm³/mol. The number of hydrogen-bond donors (Lipinski definition) is 2. The average molecular weight is 372 g/mol. The van der Waals surface area contributed by atoms with Crippen molar-refractivity contribution < 1.29 is 29.2 Å². The number of aryl methyl sites for hydroxylation is 1. The quantitative estimate of drug-likeness (QED) is 0.781. The minimum Gasteiger partial charge on any atom is -0.504 e. The zero-order valence-corrected chi connectivity index (χ0v) is 15.9. The Kier molecular flexibility index (Phi) is 5.28. The van der Waals surface area contributed by atoms with Gasteiger partial charge < -0.3 is 24.4 Å². The van der Waals surface area contributed by atoms with Gasteiger partial charge in [0.2, 0.25) is 0 Å². The second kappa shape index (κ2) is 7.48. The Labute approximate surface area is 158 Å². The van der Waals surface area contributed by atoms with Crippen LogP contribution in [0.1, 0.15) is 53.4 Å². The van der Waals surface area contributed by atoms with Crippen LogP contribution in [0.5, 0.6) is 23.0 Å². The number of aromatic hydroxyl groups is 1. The van der Waals surface area contributed by atoms with E-state index in [0.29, 0.717) is 17.5 Å². The van der Waals surface area contributed by atoms with Gasteiger partial charge in [0.15, 0.2) is 11.5 Å². The molecule has 1 aliphatic heterocycles. The summed E-state index contributed by atoms with van der Waals surface area (Å²) in [5.74, 6) is 0.320. The lowest BCUT2D eigenvalue weighted by Crippen LogP contribution is -2.14. The lowest BCUT2D eigenvalue weighted by Gasteiger charge is -2.22. The van der Waals surface area contributed by atoms with Gasteiger partial charge in [-0.3, -0.25) is 0 Å². The van der Waals surface area contributed by atoms with Crippen molar-refractivity contribution in [3.63, 3.8) is 0 Å². The molecule has 2 aromatic carbocycles. The number of ether oxygens (including phenoxy) is 3. The van der Waals surface area contributed by atoms with E-state index in [1.165, 1.54) is 7.11 Å². The van der Waals surface area contributed by atoms with Crippen LogP contribution in [-0.2, 0) is 11.3 Å². The molecule has 3 rings (SSSR count). The van der Waals surface area contributed by atoms with Crippen LogP contribution in [0.3, 0.4) is 0 Å². The number of methoxy groups -OCH3 is 1. The fraction of sp³-hybridized carbons (Fsp3) is 0.381. The highest BCUT2D eigenvalue weighted by atomic mass is 16.5. The highest BCUT2D eigenvalue weighted by Crippen LogP contribution is 2.43. The van der Waals surface area contributed by atoms with E-state index in [9.17, 15) is 15.0 Å². The average Bonchev–Trinajstić information content (AvgIpc) is 2.59. The summed E-state index contributed by atoms with van der Waals surface area (Å²) in [4.78, 5) is 12.6. The molecule has 0 aromatic heterocycles. The molecule has 0 saturated carbocycles. The fourth-order valence-corrected chi connectivity index (χ4v) is 3.21. The molecule has 0 fully saturated rings. The number of rotatable bonds is 4. The smallest absolute Gasteiger partial charge is 0.346 e. The molecule has 2 aromatic rings. The Balaban J connectivity index is 2.15. The number of cyclic esters (lactones) is 1. The van der Waals surface area contributed by atoms with Gasteiger partial charge in [0.25, 0.3) is 0 Å². The normalized spacial score (nSPS) is 14.4. The van der Waals surface area contributed by atoms with Gasteiger partial charge in [-0.25, -0.2) is 4.79 Å². The summed E-state index contributed by atoms with van der Waals surface area (Å²) < 4.78 is 16.7. The maximum atomic E-state index is 12.6. The van der Waals surface area contributed by atoms with Gasteiger partial charge in [0, 0.05) is 5.56 Å². The van der Waals surface area contributed by atoms with Crippen LogP contribution in [0.2, 0.25) is 0 Å². The largest absolute Gasteiger partial charge is 0.504 e. The first-order valence-electron chi connectivity index (χ1n) is 8.87. The number of aliphatic hydroxyl groups is 1. The van der Waals surface area contributed by atoms with Crippen molar-refractivity contribution >= 4 is 5.97 Å². The molecule has 2 N–H and O–H groups in total. The Morgan fingerprint density at radius 1 is 1.22 bits per heavy atom. The molecule has 0 saturated heterocycles. The SMILES string of the molecule is COc1cc(C(O)CC(C)C)cc2c1C(=O)OCc1cc(C)cc(O)c1O2. The van der Waals surface area contributed by atoms with Crippen molar-refractivity contribution in [2.24, 2.45) is 5.92 Å². The number of aliphatic hydroxyl groups excluding tert-OH is 1. The number of carbonyl (C=O) groups excluding carboxylic acids is 1. The Bertz CT molecular complexity index is 871. The van der Waals surface area contributed by atoms with Gasteiger partial charge in [-0.1, -0.05) is 13.8 Å². The van der Waals surface area contributed by atoms with Gasteiger partial charge in [-0.15, -0.1) is 0 Å². The van der Waals surface area contributed by atoms with Gasteiger partial charge in [0.1, 0.15) is 23.7 Å². The van der Waals surface area contributed by atoms with E-state index in [0.717, 1.165) is 5.56 Å². The molecule has 0 spiro atoms. The van der Waals surface area contributed by atoms with Crippen LogP contribution < -0.4 is 9.47 Å². The monoisotopic (exact) mass is 372 g/mol. The third-order valence-corrected chi connectivity index (χ3v) is 4.45.